The van der Waals surface area contributed by atoms with Crippen molar-refractivity contribution in [3.8, 4) is 5.75 Å². The number of carbonyl (C=O) groups is 1. The summed E-state index contributed by atoms with van der Waals surface area (Å²) in [6.07, 6.45) is 1.43. The molecule has 0 bridgehead atoms. The van der Waals surface area contributed by atoms with Crippen LogP contribution in [0.5, 0.6) is 5.75 Å². The molecule has 0 spiro atoms. The lowest BCUT2D eigenvalue weighted by Gasteiger charge is -2.04. The van der Waals surface area contributed by atoms with Gasteiger partial charge in [-0.1, -0.05) is 29.3 Å². The van der Waals surface area contributed by atoms with E-state index in [-0.39, 0.29) is 29.9 Å². The molecule has 1 amide bonds. The Morgan fingerprint density at radius 2 is 1.94 bits per heavy atom. The van der Waals surface area contributed by atoms with Crippen LogP contribution in [-0.4, -0.2) is 20.7 Å². The molecule has 0 radical (unpaired) electrons. The number of anilines is 1. The van der Waals surface area contributed by atoms with Gasteiger partial charge in [-0.05, 0) is 54.1 Å². The molecule has 0 fully saturated rings. The number of carbonyl (C=O) groups excluding carboxylic acids is 1. The zero-order valence-electron chi connectivity index (χ0n) is 15.9. The van der Waals surface area contributed by atoms with Crippen LogP contribution in [0.25, 0.3) is 0 Å². The van der Waals surface area contributed by atoms with Crippen LogP contribution in [0.2, 0.25) is 10.0 Å². The molecule has 0 saturated heterocycles. The maximum absolute atomic E-state index is 13.2. The van der Waals surface area contributed by atoms with Gasteiger partial charge in [0.05, 0.1) is 6.54 Å². The number of amides is 1. The number of nitrogens with one attached hydrogen (secondary N) is 1. The van der Waals surface area contributed by atoms with E-state index in [4.69, 9.17) is 32.4 Å². The smallest absolute Gasteiger partial charge is 0.293 e. The van der Waals surface area contributed by atoms with Crippen LogP contribution in [0.3, 0.4) is 0 Å². The number of aromatic nitrogens is 3. The molecule has 31 heavy (non-hydrogen) atoms. The number of hydrogen-bond acceptors (Lipinski definition) is 5. The molecule has 0 saturated carbocycles. The van der Waals surface area contributed by atoms with Crippen molar-refractivity contribution < 1.29 is 18.3 Å². The van der Waals surface area contributed by atoms with Crippen LogP contribution in [0.1, 0.15) is 21.9 Å². The van der Waals surface area contributed by atoms with Crippen molar-refractivity contribution in [1.29, 1.82) is 0 Å². The van der Waals surface area contributed by atoms with E-state index < -0.39 is 11.7 Å². The zero-order valence-corrected chi connectivity index (χ0v) is 17.4. The van der Waals surface area contributed by atoms with Gasteiger partial charge in [-0.2, -0.15) is 0 Å². The first-order valence-corrected chi connectivity index (χ1v) is 9.84. The molecular formula is C21H15Cl2FN4O3. The fourth-order valence-electron chi connectivity index (χ4n) is 2.68. The molecule has 7 nitrogen and oxygen atoms in total. The van der Waals surface area contributed by atoms with Gasteiger partial charge in [0.2, 0.25) is 5.95 Å². The van der Waals surface area contributed by atoms with Crippen molar-refractivity contribution in [3.63, 3.8) is 0 Å². The van der Waals surface area contributed by atoms with Crippen LogP contribution in [0, 0.1) is 5.82 Å². The Morgan fingerprint density at radius 1 is 1.13 bits per heavy atom. The number of nitrogens with zero attached hydrogens (tertiary/aromatic N) is 3. The standard InChI is InChI=1S/C21H15Cl2FN4O3/c22-14-2-5-16(6-3-14)30-11-17-7-8-19(31-17)20(29)26-21-25-12-28(27-21)10-13-1-4-15(24)9-18(13)23/h1-9,12H,10-11H2,(H,26,27,29). The van der Waals surface area contributed by atoms with E-state index in [0.29, 0.717) is 22.1 Å². The van der Waals surface area contributed by atoms with E-state index in [1.54, 1.807) is 36.4 Å². The van der Waals surface area contributed by atoms with Gasteiger partial charge in [0, 0.05) is 10.0 Å². The molecule has 158 valence electrons. The van der Waals surface area contributed by atoms with E-state index in [1.807, 2.05) is 0 Å². The molecule has 0 aliphatic carbocycles. The Kier molecular flexibility index (Phi) is 6.20. The van der Waals surface area contributed by atoms with E-state index in [0.717, 1.165) is 0 Å². The van der Waals surface area contributed by atoms with Gasteiger partial charge in [0.25, 0.3) is 5.91 Å². The Labute approximate surface area is 186 Å². The lowest BCUT2D eigenvalue weighted by Crippen LogP contribution is -2.12. The van der Waals surface area contributed by atoms with E-state index >= 15 is 0 Å². The van der Waals surface area contributed by atoms with Gasteiger partial charge in [-0.3, -0.25) is 10.1 Å². The maximum atomic E-state index is 13.2. The number of benzene rings is 2. The SMILES string of the molecule is O=C(Nc1ncn(Cc2ccc(F)cc2Cl)n1)c1ccc(COc2ccc(Cl)cc2)o1. The highest BCUT2D eigenvalue weighted by Gasteiger charge is 2.14. The minimum Gasteiger partial charge on any atom is -0.486 e. The average Bonchev–Trinajstić information content (AvgIpc) is 3.39. The first kappa shape index (κ1) is 20.9. The molecule has 4 aromatic rings. The molecule has 1 N–H and O–H groups in total. The summed E-state index contributed by atoms with van der Waals surface area (Å²) in [5.41, 5.74) is 0.669. The minimum atomic E-state index is -0.504. The molecule has 0 atom stereocenters. The first-order chi connectivity index (χ1) is 15.0. The van der Waals surface area contributed by atoms with Gasteiger partial charge in [-0.15, -0.1) is 5.10 Å². The third-order valence-corrected chi connectivity index (χ3v) is 4.79. The highest BCUT2D eigenvalue weighted by molar-refractivity contribution is 6.31. The second-order valence-corrected chi connectivity index (χ2v) is 7.31. The number of halogens is 3. The molecule has 2 aromatic heterocycles. The summed E-state index contributed by atoms with van der Waals surface area (Å²) >= 11 is 11.9. The summed E-state index contributed by atoms with van der Waals surface area (Å²) in [6, 6.07) is 14.2. The second-order valence-electron chi connectivity index (χ2n) is 6.46. The normalized spacial score (nSPS) is 10.8. The van der Waals surface area contributed by atoms with Crippen LogP contribution >= 0.6 is 23.2 Å². The zero-order chi connectivity index (χ0) is 21.8. The highest BCUT2D eigenvalue weighted by Crippen LogP contribution is 2.19. The third kappa shape index (κ3) is 5.42. The first-order valence-electron chi connectivity index (χ1n) is 9.08. The van der Waals surface area contributed by atoms with Crippen LogP contribution in [-0.2, 0) is 13.2 Å². The fraction of sp³-hybridized carbons (Fsp3) is 0.0952. The summed E-state index contributed by atoms with van der Waals surface area (Å²) in [4.78, 5) is 16.4. The molecule has 10 heteroatoms. The van der Waals surface area contributed by atoms with E-state index in [9.17, 15) is 9.18 Å². The van der Waals surface area contributed by atoms with Crippen molar-refractivity contribution in [2.75, 3.05) is 5.32 Å². The quantitative estimate of drug-likeness (QED) is 0.409. The summed E-state index contributed by atoms with van der Waals surface area (Å²) in [7, 11) is 0. The second kappa shape index (κ2) is 9.20. The van der Waals surface area contributed by atoms with Crippen molar-refractivity contribution in [3.05, 3.63) is 93.9 Å². The van der Waals surface area contributed by atoms with Gasteiger partial charge in [0.15, 0.2) is 5.76 Å². The average molecular weight is 461 g/mol. The molecule has 0 unspecified atom stereocenters. The monoisotopic (exact) mass is 460 g/mol. The van der Waals surface area contributed by atoms with Gasteiger partial charge in [0.1, 0.15) is 30.3 Å². The Morgan fingerprint density at radius 3 is 2.71 bits per heavy atom. The molecule has 0 aliphatic rings. The lowest BCUT2D eigenvalue weighted by molar-refractivity contribution is 0.0991. The Balaban J connectivity index is 1.34. The summed E-state index contributed by atoms with van der Waals surface area (Å²) in [5.74, 6) is 0.366. The molecule has 2 aromatic carbocycles. The predicted octanol–water partition coefficient (Wildman–Crippen LogP) is 5.20. The topological polar surface area (TPSA) is 82.2 Å². The van der Waals surface area contributed by atoms with E-state index in [1.165, 1.54) is 29.2 Å². The Bertz CT molecular complexity index is 1210. The molecule has 0 aliphatic heterocycles. The molecular weight excluding hydrogens is 446 g/mol. The molecule has 2 heterocycles. The van der Waals surface area contributed by atoms with Crippen LogP contribution in [0.15, 0.2) is 65.3 Å². The third-order valence-electron chi connectivity index (χ3n) is 4.19. The summed E-state index contributed by atoms with van der Waals surface area (Å²) in [6.45, 7) is 0.426. The largest absolute Gasteiger partial charge is 0.486 e. The number of hydrogen-bond donors (Lipinski definition) is 1. The van der Waals surface area contributed by atoms with Crippen molar-refractivity contribution in [1.82, 2.24) is 14.8 Å². The van der Waals surface area contributed by atoms with Crippen LogP contribution in [0.4, 0.5) is 10.3 Å². The predicted molar refractivity (Wildman–Crippen MR) is 113 cm³/mol. The van der Waals surface area contributed by atoms with Crippen molar-refractivity contribution in [2.45, 2.75) is 13.2 Å². The van der Waals surface area contributed by atoms with Crippen molar-refractivity contribution >= 4 is 35.1 Å². The summed E-state index contributed by atoms with van der Waals surface area (Å²) < 4.78 is 25.7. The number of furan rings is 1. The highest BCUT2D eigenvalue weighted by atomic mass is 35.5. The minimum absolute atomic E-state index is 0.0904. The number of rotatable bonds is 7. The van der Waals surface area contributed by atoms with Crippen molar-refractivity contribution in [2.24, 2.45) is 0 Å². The summed E-state index contributed by atoms with van der Waals surface area (Å²) in [5, 5.41) is 7.62. The van der Waals surface area contributed by atoms with Gasteiger partial charge in [-0.25, -0.2) is 14.1 Å². The molecule has 4 rings (SSSR count). The number of ether oxygens (including phenoxy) is 1. The fourth-order valence-corrected chi connectivity index (χ4v) is 3.03. The maximum Gasteiger partial charge on any atom is 0.293 e. The van der Waals surface area contributed by atoms with Gasteiger partial charge < -0.3 is 9.15 Å². The lowest BCUT2D eigenvalue weighted by atomic mass is 10.2. The van der Waals surface area contributed by atoms with E-state index in [2.05, 4.69) is 15.4 Å². The Hall–Kier alpha value is -3.36. The van der Waals surface area contributed by atoms with Crippen LogP contribution < -0.4 is 10.1 Å². The van der Waals surface area contributed by atoms with Gasteiger partial charge >= 0.3 is 0 Å².